The van der Waals surface area contributed by atoms with Gasteiger partial charge in [-0.05, 0) is 86.6 Å². The number of benzene rings is 1. The van der Waals surface area contributed by atoms with E-state index >= 15 is 0 Å². The minimum absolute atomic E-state index is 0.618. The molecule has 3 heterocycles. The van der Waals surface area contributed by atoms with Crippen molar-refractivity contribution >= 4 is 52.7 Å². The summed E-state index contributed by atoms with van der Waals surface area (Å²) in [5, 5.41) is 0. The Balaban J connectivity index is 1.38. The van der Waals surface area contributed by atoms with Crippen LogP contribution in [0, 0.1) is 0 Å². The topological polar surface area (TPSA) is 6.48 Å². The maximum absolute atomic E-state index is 2.48. The van der Waals surface area contributed by atoms with E-state index in [0.29, 0.717) is 6.04 Å². The van der Waals surface area contributed by atoms with Crippen molar-refractivity contribution < 1.29 is 0 Å². The van der Waals surface area contributed by atoms with Gasteiger partial charge in [-0.15, -0.1) is 22.7 Å². The van der Waals surface area contributed by atoms with E-state index in [0.717, 1.165) is 0 Å². The Morgan fingerprint density at radius 1 is 0.828 bits per heavy atom. The first kappa shape index (κ1) is 20.1. The van der Waals surface area contributed by atoms with Crippen molar-refractivity contribution in [2.24, 2.45) is 0 Å². The molecule has 3 aromatic rings. The van der Waals surface area contributed by atoms with E-state index < -0.39 is 0 Å². The van der Waals surface area contributed by atoms with Gasteiger partial charge in [0.2, 0.25) is 0 Å². The van der Waals surface area contributed by atoms with Crippen LogP contribution in [0.15, 0.2) is 48.5 Å². The van der Waals surface area contributed by atoms with Gasteiger partial charge in [0, 0.05) is 45.3 Å². The van der Waals surface area contributed by atoms with Crippen molar-refractivity contribution in [2.75, 3.05) is 32.6 Å². The lowest BCUT2D eigenvalue weighted by Crippen LogP contribution is -2.16. The Morgan fingerprint density at radius 2 is 1.45 bits per heavy atom. The van der Waals surface area contributed by atoms with E-state index in [1.165, 1.54) is 50.1 Å². The number of nitrogens with zero attached hydrogens (tertiary/aromatic N) is 2. The molecule has 0 amide bonds. The lowest BCUT2D eigenvalue weighted by molar-refractivity contribution is 0.321. The number of likely N-dealkylation sites (tertiary alicyclic amines) is 1. The molecule has 1 saturated heterocycles. The number of hydrogen-bond acceptors (Lipinski definition) is 4. The van der Waals surface area contributed by atoms with Crippen molar-refractivity contribution in [1.82, 2.24) is 4.90 Å². The Labute approximate surface area is 182 Å². The molecule has 150 valence electrons. The minimum Gasteiger partial charge on any atom is -0.378 e. The first-order valence-corrected chi connectivity index (χ1v) is 11.8. The molecule has 4 rings (SSSR count). The van der Waals surface area contributed by atoms with Gasteiger partial charge in [-0.1, -0.05) is 18.2 Å². The standard InChI is InChI=1S/C25H28N2S2/c1-26(2)20-9-6-19(7-10-20)8-11-21-12-13-22(28-21)14-15-23-16-17-25(29-23)24-5-4-18-27(24)3/h6-17,24H,4-5,18H2,1-3H3/b11-8+,15-14+. The highest BCUT2D eigenvalue weighted by Crippen LogP contribution is 2.35. The molecule has 0 saturated carbocycles. The summed E-state index contributed by atoms with van der Waals surface area (Å²) in [6, 6.07) is 18.2. The smallest absolute Gasteiger partial charge is 0.0439 e. The van der Waals surface area contributed by atoms with Crippen LogP contribution in [0.5, 0.6) is 0 Å². The van der Waals surface area contributed by atoms with Gasteiger partial charge in [-0.25, -0.2) is 0 Å². The number of thiophene rings is 2. The molecule has 1 aromatic carbocycles. The molecular formula is C25H28N2S2. The van der Waals surface area contributed by atoms with Crippen LogP contribution in [0.3, 0.4) is 0 Å². The van der Waals surface area contributed by atoms with Crippen LogP contribution < -0.4 is 4.90 Å². The van der Waals surface area contributed by atoms with Gasteiger partial charge in [-0.2, -0.15) is 0 Å². The molecular weight excluding hydrogens is 392 g/mol. The molecule has 1 atom stereocenters. The summed E-state index contributed by atoms with van der Waals surface area (Å²) in [5.41, 5.74) is 2.45. The zero-order chi connectivity index (χ0) is 20.2. The van der Waals surface area contributed by atoms with Gasteiger partial charge in [0.25, 0.3) is 0 Å². The minimum atomic E-state index is 0.618. The van der Waals surface area contributed by atoms with Gasteiger partial charge in [0.05, 0.1) is 0 Å². The van der Waals surface area contributed by atoms with Gasteiger partial charge in [-0.3, -0.25) is 4.90 Å². The summed E-state index contributed by atoms with van der Waals surface area (Å²) in [7, 11) is 6.37. The van der Waals surface area contributed by atoms with Gasteiger partial charge >= 0.3 is 0 Å². The monoisotopic (exact) mass is 420 g/mol. The zero-order valence-electron chi connectivity index (χ0n) is 17.3. The van der Waals surface area contributed by atoms with Crippen molar-refractivity contribution in [2.45, 2.75) is 18.9 Å². The predicted octanol–water partition coefficient (Wildman–Crippen LogP) is 6.98. The van der Waals surface area contributed by atoms with E-state index in [4.69, 9.17) is 0 Å². The molecule has 1 aliphatic rings. The summed E-state index contributed by atoms with van der Waals surface area (Å²) in [6.45, 7) is 1.22. The average molecular weight is 421 g/mol. The first-order valence-electron chi connectivity index (χ1n) is 10.1. The Bertz CT molecular complexity index is 992. The summed E-state index contributed by atoms with van der Waals surface area (Å²) >= 11 is 3.76. The fourth-order valence-electron chi connectivity index (χ4n) is 3.68. The van der Waals surface area contributed by atoms with Crippen LogP contribution in [0.1, 0.15) is 44.0 Å². The molecule has 1 fully saturated rings. The van der Waals surface area contributed by atoms with Crippen molar-refractivity contribution in [3.05, 3.63) is 73.6 Å². The molecule has 0 spiro atoms. The molecule has 0 bridgehead atoms. The largest absolute Gasteiger partial charge is 0.378 e. The summed E-state index contributed by atoms with van der Waals surface area (Å²) in [5.74, 6) is 0. The maximum atomic E-state index is 2.48. The van der Waals surface area contributed by atoms with Gasteiger partial charge < -0.3 is 4.90 Å². The fraction of sp³-hybridized carbons (Fsp3) is 0.280. The SMILES string of the molecule is CN(C)c1ccc(/C=C/c2ccc(/C=C/c3ccc(C4CCCN4C)s3)s2)cc1. The second-order valence-electron chi connectivity index (χ2n) is 7.77. The molecule has 2 nitrogen and oxygen atoms in total. The highest BCUT2D eigenvalue weighted by atomic mass is 32.1. The highest BCUT2D eigenvalue weighted by molar-refractivity contribution is 7.14. The normalized spacial score (nSPS) is 17.7. The number of rotatable bonds is 6. The molecule has 29 heavy (non-hydrogen) atoms. The third kappa shape index (κ3) is 5.08. The van der Waals surface area contributed by atoms with Crippen LogP contribution >= 0.6 is 22.7 Å². The van der Waals surface area contributed by atoms with Crippen LogP contribution in [0.4, 0.5) is 5.69 Å². The molecule has 0 radical (unpaired) electrons. The van der Waals surface area contributed by atoms with Crippen molar-refractivity contribution in [1.29, 1.82) is 0 Å². The average Bonchev–Trinajstić information content (AvgIpc) is 3.46. The van der Waals surface area contributed by atoms with E-state index in [2.05, 4.69) is 104 Å². The Morgan fingerprint density at radius 3 is 2.07 bits per heavy atom. The van der Waals surface area contributed by atoms with Crippen LogP contribution in [-0.2, 0) is 0 Å². The van der Waals surface area contributed by atoms with Crippen LogP contribution in [-0.4, -0.2) is 32.6 Å². The van der Waals surface area contributed by atoms with E-state index in [-0.39, 0.29) is 0 Å². The second-order valence-corrected chi connectivity index (χ2v) is 10.1. The van der Waals surface area contributed by atoms with Crippen LogP contribution in [0.25, 0.3) is 24.3 Å². The molecule has 1 aliphatic heterocycles. The third-order valence-electron chi connectivity index (χ3n) is 5.41. The van der Waals surface area contributed by atoms with E-state index in [9.17, 15) is 0 Å². The lowest BCUT2D eigenvalue weighted by atomic mass is 10.2. The van der Waals surface area contributed by atoms with Crippen molar-refractivity contribution in [3.8, 4) is 0 Å². The number of hydrogen-bond donors (Lipinski definition) is 0. The number of anilines is 1. The molecule has 0 N–H and O–H groups in total. The molecule has 1 unspecified atom stereocenters. The Hall–Kier alpha value is -2.14. The second kappa shape index (κ2) is 9.12. The zero-order valence-corrected chi connectivity index (χ0v) is 19.0. The van der Waals surface area contributed by atoms with Gasteiger partial charge in [0.15, 0.2) is 0 Å². The fourth-order valence-corrected chi connectivity index (χ4v) is 5.61. The predicted molar refractivity (Wildman–Crippen MR) is 132 cm³/mol. The maximum Gasteiger partial charge on any atom is 0.0439 e. The van der Waals surface area contributed by atoms with Crippen LogP contribution in [0.2, 0.25) is 0 Å². The van der Waals surface area contributed by atoms with E-state index in [1.54, 1.807) is 0 Å². The van der Waals surface area contributed by atoms with E-state index in [1.807, 2.05) is 22.7 Å². The summed E-state index contributed by atoms with van der Waals surface area (Å²) in [6.07, 6.45) is 11.5. The summed E-state index contributed by atoms with van der Waals surface area (Å²) < 4.78 is 0. The van der Waals surface area contributed by atoms with Gasteiger partial charge in [0.1, 0.15) is 0 Å². The highest BCUT2D eigenvalue weighted by Gasteiger charge is 2.23. The molecule has 4 heteroatoms. The lowest BCUT2D eigenvalue weighted by Gasteiger charge is -2.17. The molecule has 0 aliphatic carbocycles. The molecule has 2 aromatic heterocycles. The first-order chi connectivity index (χ1) is 14.1. The third-order valence-corrected chi connectivity index (χ3v) is 7.57. The Kier molecular flexibility index (Phi) is 6.34. The summed E-state index contributed by atoms with van der Waals surface area (Å²) in [4.78, 5) is 10.0. The van der Waals surface area contributed by atoms with Crippen molar-refractivity contribution in [3.63, 3.8) is 0 Å². The quantitative estimate of drug-likeness (QED) is 0.424.